The van der Waals surface area contributed by atoms with E-state index in [9.17, 15) is 0 Å². The van der Waals surface area contributed by atoms with Crippen molar-refractivity contribution in [1.29, 1.82) is 0 Å². The molecule has 1 heteroatoms. The van der Waals surface area contributed by atoms with Gasteiger partial charge in [0.05, 0.1) is 0 Å². The first-order valence-electron chi connectivity index (χ1n) is 3.62. The minimum absolute atomic E-state index is 1.09. The Morgan fingerprint density at radius 3 is 2.40 bits per heavy atom. The van der Waals surface area contributed by atoms with Gasteiger partial charge in [-0.1, -0.05) is 42.8 Å². The summed E-state index contributed by atoms with van der Waals surface area (Å²) in [6, 6.07) is 11.7. The van der Waals surface area contributed by atoms with E-state index in [1.165, 1.54) is 18.4 Å². The van der Waals surface area contributed by atoms with Crippen LogP contribution in [0.3, 0.4) is 0 Å². The first-order chi connectivity index (χ1) is 4.93. The predicted molar refractivity (Wildman–Crippen MR) is 45.3 cm³/mol. The van der Waals surface area contributed by atoms with Gasteiger partial charge < -0.3 is 0 Å². The molecule has 0 heterocycles. The van der Waals surface area contributed by atoms with Crippen LogP contribution in [0.2, 0.25) is 6.04 Å². The number of benzene rings is 1. The van der Waals surface area contributed by atoms with Crippen LogP contribution in [0.25, 0.3) is 0 Å². The highest BCUT2D eigenvalue weighted by Crippen LogP contribution is 2.02. The van der Waals surface area contributed by atoms with Crippen LogP contribution in [0.4, 0.5) is 0 Å². The van der Waals surface area contributed by atoms with Crippen molar-refractivity contribution in [2.24, 2.45) is 0 Å². The van der Waals surface area contributed by atoms with E-state index in [0.717, 1.165) is 6.04 Å². The largest absolute Gasteiger partial charge is 0.0635 e. The molecule has 0 bridgehead atoms. The third kappa shape index (κ3) is 2.36. The Hall–Kier alpha value is -0.563. The van der Waals surface area contributed by atoms with Crippen LogP contribution in [0.5, 0.6) is 0 Å². The van der Waals surface area contributed by atoms with E-state index in [0.29, 0.717) is 0 Å². The number of rotatable bonds is 3. The lowest BCUT2D eigenvalue weighted by Gasteiger charge is -1.96. The van der Waals surface area contributed by atoms with Crippen LogP contribution in [0.1, 0.15) is 12.0 Å². The molecule has 0 N–H and O–H groups in total. The molecule has 0 aliphatic heterocycles. The lowest BCUT2D eigenvalue weighted by molar-refractivity contribution is 0.919. The molecule has 3 radical (unpaired) electrons. The zero-order valence-corrected chi connectivity index (χ0v) is 7.01. The van der Waals surface area contributed by atoms with Crippen LogP contribution in [0.15, 0.2) is 30.3 Å². The average molecular weight is 147 g/mol. The van der Waals surface area contributed by atoms with Crippen LogP contribution in [0, 0.1) is 0 Å². The summed E-state index contributed by atoms with van der Waals surface area (Å²) in [5.74, 6) is 0. The zero-order chi connectivity index (χ0) is 7.23. The van der Waals surface area contributed by atoms with E-state index < -0.39 is 0 Å². The fourth-order valence-electron chi connectivity index (χ4n) is 0.937. The van der Waals surface area contributed by atoms with Crippen LogP contribution < -0.4 is 0 Å². The van der Waals surface area contributed by atoms with Crippen molar-refractivity contribution in [3.63, 3.8) is 0 Å². The highest BCUT2D eigenvalue weighted by Gasteiger charge is 1.87. The molecule has 0 nitrogen and oxygen atoms in total. The van der Waals surface area contributed by atoms with Gasteiger partial charge in [0, 0.05) is 10.2 Å². The summed E-state index contributed by atoms with van der Waals surface area (Å²) in [6.45, 7) is 0. The summed E-state index contributed by atoms with van der Waals surface area (Å²) >= 11 is 0. The normalized spacial score (nSPS) is 9.70. The van der Waals surface area contributed by atoms with Gasteiger partial charge in [0.2, 0.25) is 0 Å². The minimum atomic E-state index is 1.09. The van der Waals surface area contributed by atoms with Gasteiger partial charge in [0.15, 0.2) is 0 Å². The molecule has 51 valence electrons. The lowest BCUT2D eigenvalue weighted by atomic mass is 10.1. The summed E-state index contributed by atoms with van der Waals surface area (Å²) in [6.07, 6.45) is 2.41. The van der Waals surface area contributed by atoms with Crippen molar-refractivity contribution in [3.05, 3.63) is 35.9 Å². The second-order valence-corrected chi connectivity index (χ2v) is 2.84. The van der Waals surface area contributed by atoms with Crippen molar-refractivity contribution in [1.82, 2.24) is 0 Å². The monoisotopic (exact) mass is 147 g/mol. The third-order valence-electron chi connectivity index (χ3n) is 1.49. The van der Waals surface area contributed by atoms with Crippen LogP contribution in [-0.4, -0.2) is 10.2 Å². The first-order valence-corrected chi connectivity index (χ1v) is 4.32. The summed E-state index contributed by atoms with van der Waals surface area (Å²) in [5.41, 5.74) is 1.43. The van der Waals surface area contributed by atoms with E-state index in [4.69, 9.17) is 0 Å². The van der Waals surface area contributed by atoms with Crippen molar-refractivity contribution in [2.75, 3.05) is 0 Å². The SMILES string of the molecule is [Si]CCCc1ccccc1. The molecule has 0 saturated carbocycles. The van der Waals surface area contributed by atoms with Gasteiger partial charge in [-0.25, -0.2) is 0 Å². The maximum absolute atomic E-state index is 3.45. The average Bonchev–Trinajstić information content (AvgIpc) is 2.03. The Bertz CT molecular complexity index is 169. The number of aryl methyl sites for hydroxylation is 1. The summed E-state index contributed by atoms with van der Waals surface area (Å²) < 4.78 is 0. The first kappa shape index (κ1) is 7.54. The molecule has 0 spiro atoms. The van der Waals surface area contributed by atoms with Gasteiger partial charge >= 0.3 is 0 Å². The van der Waals surface area contributed by atoms with E-state index in [-0.39, 0.29) is 0 Å². The molecule has 0 fully saturated rings. The van der Waals surface area contributed by atoms with Gasteiger partial charge in [-0.05, 0) is 12.0 Å². The van der Waals surface area contributed by atoms with Crippen molar-refractivity contribution < 1.29 is 0 Å². The van der Waals surface area contributed by atoms with Gasteiger partial charge in [0.25, 0.3) is 0 Å². The summed E-state index contributed by atoms with van der Waals surface area (Å²) in [5, 5.41) is 0. The standard InChI is InChI=1S/C9H11Si/c10-8-4-7-9-5-2-1-3-6-9/h1-3,5-6H,4,7-8H2. The Kier molecular flexibility index (Phi) is 3.23. The van der Waals surface area contributed by atoms with E-state index >= 15 is 0 Å². The van der Waals surface area contributed by atoms with Crippen molar-refractivity contribution in [3.8, 4) is 0 Å². The predicted octanol–water partition coefficient (Wildman–Crippen LogP) is 2.21. The zero-order valence-electron chi connectivity index (χ0n) is 6.01. The Morgan fingerprint density at radius 2 is 1.80 bits per heavy atom. The van der Waals surface area contributed by atoms with Crippen molar-refractivity contribution in [2.45, 2.75) is 18.9 Å². The molecule has 10 heavy (non-hydrogen) atoms. The molecule has 0 unspecified atom stereocenters. The van der Waals surface area contributed by atoms with E-state index in [2.05, 4.69) is 40.6 Å². The molecule has 0 atom stereocenters. The molecule has 0 amide bonds. The van der Waals surface area contributed by atoms with Crippen LogP contribution >= 0.6 is 0 Å². The molecule has 1 rings (SSSR count). The minimum Gasteiger partial charge on any atom is -0.0635 e. The van der Waals surface area contributed by atoms with Gasteiger partial charge in [0.1, 0.15) is 0 Å². The third-order valence-corrected chi connectivity index (χ3v) is 1.84. The highest BCUT2D eigenvalue weighted by atomic mass is 28.1. The molecule has 0 aliphatic carbocycles. The van der Waals surface area contributed by atoms with Gasteiger partial charge in [-0.15, -0.1) is 0 Å². The fraction of sp³-hybridized carbons (Fsp3) is 0.333. The second-order valence-electron chi connectivity index (χ2n) is 2.34. The van der Waals surface area contributed by atoms with Gasteiger partial charge in [-0.3, -0.25) is 0 Å². The maximum atomic E-state index is 3.45. The fourth-order valence-corrected chi connectivity index (χ4v) is 1.11. The second kappa shape index (κ2) is 4.28. The van der Waals surface area contributed by atoms with E-state index in [1.807, 2.05) is 0 Å². The quantitative estimate of drug-likeness (QED) is 0.575. The Balaban J connectivity index is 2.43. The molecule has 0 aromatic heterocycles. The molecule has 0 saturated heterocycles. The number of hydrogen-bond acceptors (Lipinski definition) is 0. The number of hydrogen-bond donors (Lipinski definition) is 0. The smallest absolute Gasteiger partial charge is 0.0222 e. The topological polar surface area (TPSA) is 0 Å². The Labute approximate surface area is 65.7 Å². The van der Waals surface area contributed by atoms with Crippen LogP contribution in [-0.2, 0) is 6.42 Å². The lowest BCUT2D eigenvalue weighted by Crippen LogP contribution is -1.82. The van der Waals surface area contributed by atoms with E-state index in [1.54, 1.807) is 0 Å². The van der Waals surface area contributed by atoms with Gasteiger partial charge in [-0.2, -0.15) is 0 Å². The molecular weight excluding hydrogens is 136 g/mol. The summed E-state index contributed by atoms with van der Waals surface area (Å²) in [4.78, 5) is 0. The summed E-state index contributed by atoms with van der Waals surface area (Å²) in [7, 11) is 3.45. The molecule has 0 aliphatic rings. The highest BCUT2D eigenvalue weighted by molar-refractivity contribution is 6.08. The molecule has 1 aromatic rings. The maximum Gasteiger partial charge on any atom is 0.0222 e. The molecule has 1 aromatic carbocycles. The Morgan fingerprint density at radius 1 is 1.10 bits per heavy atom. The van der Waals surface area contributed by atoms with Crippen molar-refractivity contribution >= 4 is 10.2 Å². The molecular formula is C9H11Si.